The lowest BCUT2D eigenvalue weighted by Gasteiger charge is -2.00. The molecule has 4 nitrogen and oxygen atoms in total. The molecule has 0 unspecified atom stereocenters. The Morgan fingerprint density at radius 1 is 1.06 bits per heavy atom. The maximum absolute atomic E-state index is 11.4. The van der Waals surface area contributed by atoms with Crippen LogP contribution in [0, 0.1) is 0 Å². The Hall–Kier alpha value is -1.32. The van der Waals surface area contributed by atoms with Crippen LogP contribution < -0.4 is 0 Å². The number of methoxy groups -OCH3 is 1. The summed E-state index contributed by atoms with van der Waals surface area (Å²) in [5.74, 6) is -1.72. The fraction of sp³-hybridized carbons (Fsp3) is 0.714. The first kappa shape index (κ1) is 16.7. The van der Waals surface area contributed by atoms with Gasteiger partial charge in [0.1, 0.15) is 0 Å². The van der Waals surface area contributed by atoms with E-state index in [1.807, 2.05) is 0 Å². The molecule has 0 aliphatic carbocycles. The number of ketones is 1. The van der Waals surface area contributed by atoms with E-state index in [-0.39, 0.29) is 5.78 Å². The number of unbranched alkanes of at least 4 members (excludes halogenated alkanes) is 6. The monoisotopic (exact) mass is 256 g/mol. The number of hydrogen-bond donors (Lipinski definition) is 1. The van der Waals surface area contributed by atoms with E-state index >= 15 is 0 Å². The number of carbonyl (C=O) groups is 2. The molecule has 0 bridgehead atoms. The molecule has 0 heterocycles. The van der Waals surface area contributed by atoms with Gasteiger partial charge in [-0.05, 0) is 6.42 Å². The Morgan fingerprint density at radius 3 is 2.17 bits per heavy atom. The van der Waals surface area contributed by atoms with Crippen LogP contribution in [0.15, 0.2) is 11.8 Å². The summed E-state index contributed by atoms with van der Waals surface area (Å²) in [6.45, 7) is 2.18. The number of hydrogen-bond acceptors (Lipinski definition) is 4. The lowest BCUT2D eigenvalue weighted by atomic mass is 10.1. The van der Waals surface area contributed by atoms with Gasteiger partial charge in [-0.2, -0.15) is 0 Å². The zero-order chi connectivity index (χ0) is 13.8. The van der Waals surface area contributed by atoms with Crippen molar-refractivity contribution in [2.45, 2.75) is 58.3 Å². The van der Waals surface area contributed by atoms with Crippen molar-refractivity contribution in [3.63, 3.8) is 0 Å². The smallest absolute Gasteiger partial charge is 0.373 e. The van der Waals surface area contributed by atoms with Crippen LogP contribution in [-0.2, 0) is 14.3 Å². The van der Waals surface area contributed by atoms with Gasteiger partial charge < -0.3 is 9.84 Å². The number of esters is 1. The zero-order valence-electron chi connectivity index (χ0n) is 11.4. The molecule has 0 saturated carbocycles. The molecule has 0 fully saturated rings. The summed E-state index contributed by atoms with van der Waals surface area (Å²) in [5, 5.41) is 9.15. The van der Waals surface area contributed by atoms with Crippen LogP contribution in [0.1, 0.15) is 58.3 Å². The Balaban J connectivity index is 3.62. The van der Waals surface area contributed by atoms with E-state index in [1.165, 1.54) is 25.7 Å². The van der Waals surface area contributed by atoms with E-state index in [0.29, 0.717) is 6.42 Å². The van der Waals surface area contributed by atoms with Crippen molar-refractivity contribution in [1.29, 1.82) is 0 Å². The zero-order valence-corrected chi connectivity index (χ0v) is 11.4. The van der Waals surface area contributed by atoms with Gasteiger partial charge in [0.2, 0.25) is 5.76 Å². The molecular weight excluding hydrogens is 232 g/mol. The van der Waals surface area contributed by atoms with Crippen molar-refractivity contribution in [3.8, 4) is 0 Å². The Kier molecular flexibility index (Phi) is 10.0. The third kappa shape index (κ3) is 8.79. The molecule has 0 rings (SSSR count). The van der Waals surface area contributed by atoms with E-state index in [1.54, 1.807) is 0 Å². The number of carbonyl (C=O) groups excluding carboxylic acids is 2. The summed E-state index contributed by atoms with van der Waals surface area (Å²) >= 11 is 0. The van der Waals surface area contributed by atoms with Gasteiger partial charge in [0.05, 0.1) is 7.11 Å². The third-order valence-corrected chi connectivity index (χ3v) is 2.72. The van der Waals surface area contributed by atoms with Crippen molar-refractivity contribution in [1.82, 2.24) is 0 Å². The van der Waals surface area contributed by atoms with Gasteiger partial charge in [0.25, 0.3) is 0 Å². The maximum Gasteiger partial charge on any atom is 0.373 e. The minimum atomic E-state index is -0.872. The Bertz CT molecular complexity index is 282. The normalized spacial score (nSPS) is 11.3. The van der Waals surface area contributed by atoms with Crippen molar-refractivity contribution >= 4 is 11.8 Å². The second kappa shape index (κ2) is 10.8. The molecule has 0 aliphatic heterocycles. The lowest BCUT2D eigenvalue weighted by Crippen LogP contribution is -2.06. The minimum absolute atomic E-state index is 0.230. The average Bonchev–Trinajstić information content (AvgIpc) is 2.36. The van der Waals surface area contributed by atoms with Gasteiger partial charge in [-0.1, -0.05) is 45.4 Å². The topological polar surface area (TPSA) is 63.6 Å². The SMILES string of the molecule is CCCCCCCCCC(=O)/C=C(\O)C(=O)OC. The quantitative estimate of drug-likeness (QED) is 0.282. The number of rotatable bonds is 10. The molecule has 0 spiro atoms. The molecule has 0 atom stereocenters. The molecule has 18 heavy (non-hydrogen) atoms. The predicted molar refractivity (Wildman–Crippen MR) is 70.3 cm³/mol. The first-order valence-corrected chi connectivity index (χ1v) is 6.63. The number of ether oxygens (including phenoxy) is 1. The Labute approximate surface area is 109 Å². The first-order chi connectivity index (χ1) is 8.61. The van der Waals surface area contributed by atoms with Gasteiger partial charge >= 0.3 is 5.97 Å². The van der Waals surface area contributed by atoms with Gasteiger partial charge in [0.15, 0.2) is 5.78 Å². The summed E-state index contributed by atoms with van der Waals surface area (Å²) in [7, 11) is 1.16. The summed E-state index contributed by atoms with van der Waals surface area (Å²) in [6, 6.07) is 0. The van der Waals surface area contributed by atoms with Crippen LogP contribution in [0.3, 0.4) is 0 Å². The molecule has 1 N–H and O–H groups in total. The van der Waals surface area contributed by atoms with Crippen molar-refractivity contribution in [2.75, 3.05) is 7.11 Å². The van der Waals surface area contributed by atoms with Gasteiger partial charge in [-0.25, -0.2) is 4.79 Å². The van der Waals surface area contributed by atoms with Crippen LogP contribution >= 0.6 is 0 Å². The lowest BCUT2D eigenvalue weighted by molar-refractivity contribution is -0.139. The van der Waals surface area contributed by atoms with Crippen molar-refractivity contribution < 1.29 is 19.4 Å². The molecule has 0 radical (unpaired) electrons. The molecule has 4 heteroatoms. The highest BCUT2D eigenvalue weighted by Crippen LogP contribution is 2.09. The van der Waals surface area contributed by atoms with Crippen LogP contribution in [0.2, 0.25) is 0 Å². The molecule has 0 aromatic carbocycles. The van der Waals surface area contributed by atoms with Gasteiger partial charge in [-0.15, -0.1) is 0 Å². The van der Waals surface area contributed by atoms with E-state index in [9.17, 15) is 9.59 Å². The molecule has 104 valence electrons. The highest BCUT2D eigenvalue weighted by atomic mass is 16.5. The number of aliphatic hydroxyl groups excluding tert-OH is 1. The molecule has 0 aliphatic rings. The predicted octanol–water partition coefficient (Wildman–Crippen LogP) is 3.31. The minimum Gasteiger partial charge on any atom is -0.502 e. The van der Waals surface area contributed by atoms with Crippen molar-refractivity contribution in [3.05, 3.63) is 11.8 Å². The summed E-state index contributed by atoms with van der Waals surface area (Å²) in [5.41, 5.74) is 0. The molecule has 0 amide bonds. The first-order valence-electron chi connectivity index (χ1n) is 6.63. The van der Waals surface area contributed by atoms with Crippen LogP contribution in [0.25, 0.3) is 0 Å². The highest BCUT2D eigenvalue weighted by Gasteiger charge is 2.09. The fourth-order valence-corrected chi connectivity index (χ4v) is 1.64. The van der Waals surface area contributed by atoms with Crippen LogP contribution in [0.5, 0.6) is 0 Å². The number of aliphatic hydroxyl groups is 1. The Morgan fingerprint density at radius 2 is 1.61 bits per heavy atom. The third-order valence-electron chi connectivity index (χ3n) is 2.72. The second-order valence-corrected chi connectivity index (χ2v) is 4.36. The van der Waals surface area contributed by atoms with Crippen LogP contribution in [-0.4, -0.2) is 24.0 Å². The van der Waals surface area contributed by atoms with E-state index < -0.39 is 11.7 Å². The number of allylic oxidation sites excluding steroid dienone is 1. The van der Waals surface area contributed by atoms with Gasteiger partial charge in [0, 0.05) is 12.5 Å². The average molecular weight is 256 g/mol. The largest absolute Gasteiger partial charge is 0.502 e. The van der Waals surface area contributed by atoms with E-state index in [0.717, 1.165) is 32.4 Å². The standard InChI is InChI=1S/C14H24O4/c1-3-4-5-6-7-8-9-10-12(15)11-13(16)14(17)18-2/h11,16H,3-10H2,1-2H3/b13-11-. The van der Waals surface area contributed by atoms with E-state index in [2.05, 4.69) is 11.7 Å². The van der Waals surface area contributed by atoms with E-state index in [4.69, 9.17) is 5.11 Å². The summed E-state index contributed by atoms with van der Waals surface area (Å²) in [4.78, 5) is 22.2. The molecule has 0 aromatic rings. The second-order valence-electron chi connectivity index (χ2n) is 4.36. The molecule has 0 aromatic heterocycles. The highest BCUT2D eigenvalue weighted by molar-refractivity contribution is 5.97. The molecular formula is C14H24O4. The summed E-state index contributed by atoms with van der Waals surface area (Å²) < 4.78 is 4.28. The fourth-order valence-electron chi connectivity index (χ4n) is 1.64. The van der Waals surface area contributed by atoms with Crippen molar-refractivity contribution in [2.24, 2.45) is 0 Å². The summed E-state index contributed by atoms with van der Waals surface area (Å²) in [6.07, 6.45) is 9.25. The van der Waals surface area contributed by atoms with Gasteiger partial charge in [-0.3, -0.25) is 4.79 Å². The van der Waals surface area contributed by atoms with Crippen LogP contribution in [0.4, 0.5) is 0 Å². The molecule has 0 saturated heterocycles. The maximum atomic E-state index is 11.4.